The molecule has 2 nitrogen and oxygen atoms in total. The lowest BCUT2D eigenvalue weighted by Gasteiger charge is -2.00. The molecule has 15 heavy (non-hydrogen) atoms. The Hall–Kier alpha value is -0.760. The minimum atomic E-state index is 0.854. The van der Waals surface area contributed by atoms with Gasteiger partial charge in [0.2, 0.25) is 0 Å². The minimum Gasteiger partial charge on any atom is -0.365 e. The Morgan fingerprint density at radius 1 is 0.933 bits per heavy atom. The molecule has 1 aromatic heterocycles. The second-order valence-electron chi connectivity index (χ2n) is 4.21. The van der Waals surface area contributed by atoms with Crippen LogP contribution in [0.2, 0.25) is 0 Å². The molecular formula is C13H24N2. The molecule has 0 bridgehead atoms. The fraction of sp³-hybridized carbons (Fsp3) is 0.692. The van der Waals surface area contributed by atoms with Crippen molar-refractivity contribution in [2.24, 2.45) is 5.73 Å². The standard InChI is InChI=1S/C13H24N2/c14-11-7-5-3-1-2-4-6-9-13-10-8-12-15-13/h8,10,12,15H,1-7,9,11,14H2. The van der Waals surface area contributed by atoms with Gasteiger partial charge in [0, 0.05) is 11.9 Å². The van der Waals surface area contributed by atoms with E-state index >= 15 is 0 Å². The molecule has 0 radical (unpaired) electrons. The number of aromatic amines is 1. The average Bonchev–Trinajstić information content (AvgIpc) is 2.75. The van der Waals surface area contributed by atoms with E-state index in [4.69, 9.17) is 5.73 Å². The van der Waals surface area contributed by atoms with E-state index in [2.05, 4.69) is 17.1 Å². The lowest BCUT2D eigenvalue weighted by Crippen LogP contribution is -1.97. The van der Waals surface area contributed by atoms with E-state index in [0.717, 1.165) is 6.54 Å². The van der Waals surface area contributed by atoms with Crippen molar-refractivity contribution in [3.63, 3.8) is 0 Å². The molecule has 1 rings (SSSR count). The minimum absolute atomic E-state index is 0.854. The van der Waals surface area contributed by atoms with Crippen LogP contribution in [0.25, 0.3) is 0 Å². The first-order valence-corrected chi connectivity index (χ1v) is 6.26. The highest BCUT2D eigenvalue weighted by molar-refractivity contribution is 5.03. The first kappa shape index (κ1) is 12.3. The molecule has 0 unspecified atom stereocenters. The Labute approximate surface area is 93.3 Å². The summed E-state index contributed by atoms with van der Waals surface area (Å²) in [6, 6.07) is 4.24. The van der Waals surface area contributed by atoms with Gasteiger partial charge in [-0.15, -0.1) is 0 Å². The summed E-state index contributed by atoms with van der Waals surface area (Å²) in [7, 11) is 0. The normalized spacial score (nSPS) is 10.7. The monoisotopic (exact) mass is 208 g/mol. The van der Waals surface area contributed by atoms with Crippen LogP contribution in [0.1, 0.15) is 50.6 Å². The summed E-state index contributed by atoms with van der Waals surface area (Å²) in [4.78, 5) is 3.24. The summed E-state index contributed by atoms with van der Waals surface area (Å²) in [6.45, 7) is 0.854. The molecule has 0 saturated carbocycles. The smallest absolute Gasteiger partial charge is 0.0147 e. The number of rotatable bonds is 9. The molecule has 0 saturated heterocycles. The van der Waals surface area contributed by atoms with E-state index in [1.54, 1.807) is 0 Å². The van der Waals surface area contributed by atoms with E-state index in [1.165, 1.54) is 57.1 Å². The van der Waals surface area contributed by atoms with Crippen molar-refractivity contribution >= 4 is 0 Å². The molecule has 0 spiro atoms. The Balaban J connectivity index is 1.81. The highest BCUT2D eigenvalue weighted by Crippen LogP contribution is 2.09. The van der Waals surface area contributed by atoms with Crippen molar-refractivity contribution in [3.05, 3.63) is 24.0 Å². The predicted octanol–water partition coefficient (Wildman–Crippen LogP) is 3.25. The zero-order chi connectivity index (χ0) is 10.8. The predicted molar refractivity (Wildman–Crippen MR) is 65.9 cm³/mol. The summed E-state index contributed by atoms with van der Waals surface area (Å²) in [5.74, 6) is 0. The van der Waals surface area contributed by atoms with Crippen LogP contribution in [-0.4, -0.2) is 11.5 Å². The first-order valence-electron chi connectivity index (χ1n) is 6.26. The van der Waals surface area contributed by atoms with Gasteiger partial charge in [0.05, 0.1) is 0 Å². The van der Waals surface area contributed by atoms with Crippen LogP contribution in [0.3, 0.4) is 0 Å². The van der Waals surface area contributed by atoms with Crippen LogP contribution < -0.4 is 5.73 Å². The maximum Gasteiger partial charge on any atom is 0.0147 e. The van der Waals surface area contributed by atoms with Crippen LogP contribution >= 0.6 is 0 Å². The van der Waals surface area contributed by atoms with Crippen molar-refractivity contribution < 1.29 is 0 Å². The zero-order valence-electron chi connectivity index (χ0n) is 9.67. The van der Waals surface area contributed by atoms with Gasteiger partial charge >= 0.3 is 0 Å². The molecule has 0 atom stereocenters. The SMILES string of the molecule is NCCCCCCCCCc1ccc[nH]1. The van der Waals surface area contributed by atoms with Gasteiger partial charge in [0.1, 0.15) is 0 Å². The first-order chi connectivity index (χ1) is 7.43. The molecule has 0 aromatic carbocycles. The van der Waals surface area contributed by atoms with E-state index in [1.807, 2.05) is 6.20 Å². The fourth-order valence-electron chi connectivity index (χ4n) is 1.87. The third kappa shape index (κ3) is 6.34. The number of hydrogen-bond donors (Lipinski definition) is 2. The molecule has 0 aliphatic rings. The second kappa shape index (κ2) is 8.54. The Morgan fingerprint density at radius 3 is 2.20 bits per heavy atom. The van der Waals surface area contributed by atoms with E-state index in [0.29, 0.717) is 0 Å². The Kier molecular flexibility index (Phi) is 7.01. The quantitative estimate of drug-likeness (QED) is 0.601. The summed E-state index contributed by atoms with van der Waals surface area (Å²) < 4.78 is 0. The number of unbranched alkanes of at least 4 members (excludes halogenated alkanes) is 6. The van der Waals surface area contributed by atoms with Gasteiger partial charge in [-0.3, -0.25) is 0 Å². The topological polar surface area (TPSA) is 41.8 Å². The van der Waals surface area contributed by atoms with Gasteiger partial charge in [-0.05, 0) is 37.9 Å². The molecule has 0 fully saturated rings. The van der Waals surface area contributed by atoms with Gasteiger partial charge in [-0.1, -0.05) is 32.1 Å². The lowest BCUT2D eigenvalue weighted by atomic mass is 10.1. The van der Waals surface area contributed by atoms with E-state index in [-0.39, 0.29) is 0 Å². The van der Waals surface area contributed by atoms with Crippen molar-refractivity contribution in [2.45, 2.75) is 51.4 Å². The highest BCUT2D eigenvalue weighted by atomic mass is 14.7. The lowest BCUT2D eigenvalue weighted by molar-refractivity contribution is 0.580. The van der Waals surface area contributed by atoms with Crippen LogP contribution in [0.15, 0.2) is 18.3 Å². The second-order valence-corrected chi connectivity index (χ2v) is 4.21. The number of H-pyrrole nitrogens is 1. The summed E-state index contributed by atoms with van der Waals surface area (Å²) in [6.07, 6.45) is 12.5. The summed E-state index contributed by atoms with van der Waals surface area (Å²) in [5.41, 5.74) is 6.81. The van der Waals surface area contributed by atoms with Crippen LogP contribution in [0.4, 0.5) is 0 Å². The molecule has 3 N–H and O–H groups in total. The summed E-state index contributed by atoms with van der Waals surface area (Å²) in [5, 5.41) is 0. The molecule has 86 valence electrons. The number of nitrogens with two attached hydrogens (primary N) is 1. The molecule has 1 aromatic rings. The largest absolute Gasteiger partial charge is 0.365 e. The van der Waals surface area contributed by atoms with Crippen molar-refractivity contribution in [1.29, 1.82) is 0 Å². The maximum atomic E-state index is 5.44. The van der Waals surface area contributed by atoms with Crippen LogP contribution in [0.5, 0.6) is 0 Å². The molecule has 1 heterocycles. The van der Waals surface area contributed by atoms with Gasteiger partial charge in [0.25, 0.3) is 0 Å². The number of aryl methyl sites for hydroxylation is 1. The fourth-order valence-corrected chi connectivity index (χ4v) is 1.87. The Bertz CT molecular complexity index is 216. The zero-order valence-corrected chi connectivity index (χ0v) is 9.67. The van der Waals surface area contributed by atoms with Gasteiger partial charge in [-0.2, -0.15) is 0 Å². The highest BCUT2D eigenvalue weighted by Gasteiger charge is 1.94. The van der Waals surface area contributed by atoms with Crippen molar-refractivity contribution in [3.8, 4) is 0 Å². The molecule has 2 heteroatoms. The van der Waals surface area contributed by atoms with E-state index < -0.39 is 0 Å². The third-order valence-corrected chi connectivity index (χ3v) is 2.81. The number of hydrogen-bond acceptors (Lipinski definition) is 1. The van der Waals surface area contributed by atoms with E-state index in [9.17, 15) is 0 Å². The van der Waals surface area contributed by atoms with Gasteiger partial charge in [-0.25, -0.2) is 0 Å². The summed E-state index contributed by atoms with van der Waals surface area (Å²) >= 11 is 0. The average molecular weight is 208 g/mol. The van der Waals surface area contributed by atoms with Crippen molar-refractivity contribution in [2.75, 3.05) is 6.54 Å². The van der Waals surface area contributed by atoms with Crippen LogP contribution in [0, 0.1) is 0 Å². The molecular weight excluding hydrogens is 184 g/mol. The Morgan fingerprint density at radius 2 is 1.60 bits per heavy atom. The number of nitrogens with one attached hydrogen (secondary N) is 1. The maximum absolute atomic E-state index is 5.44. The molecule has 0 aliphatic carbocycles. The molecule has 0 amide bonds. The van der Waals surface area contributed by atoms with Crippen LogP contribution in [-0.2, 0) is 6.42 Å². The van der Waals surface area contributed by atoms with Crippen molar-refractivity contribution in [1.82, 2.24) is 4.98 Å². The van der Waals surface area contributed by atoms with Gasteiger partial charge < -0.3 is 10.7 Å². The number of aromatic nitrogens is 1. The van der Waals surface area contributed by atoms with Gasteiger partial charge in [0.15, 0.2) is 0 Å². The third-order valence-electron chi connectivity index (χ3n) is 2.81. The molecule has 0 aliphatic heterocycles.